The smallest absolute Gasteiger partial charge is 0.337 e. The van der Waals surface area contributed by atoms with E-state index in [0.29, 0.717) is 10.2 Å². The average Bonchev–Trinajstić information content (AvgIpc) is 2.53. The monoisotopic (exact) mass is 194 g/mol. The van der Waals surface area contributed by atoms with E-state index in [0.717, 1.165) is 17.1 Å². The fraction of sp³-hybridized carbons (Fsp3) is 0.125. The van der Waals surface area contributed by atoms with Gasteiger partial charge in [-0.1, -0.05) is 10.6 Å². The first kappa shape index (κ1) is 8.12. The predicted molar refractivity (Wildman–Crippen MR) is 49.1 cm³/mol. The summed E-state index contributed by atoms with van der Waals surface area (Å²) < 4.78 is 4.38. The van der Waals surface area contributed by atoms with Crippen LogP contribution in [0.4, 0.5) is 0 Å². The standard InChI is InChI=1S/C8H6N2O2S/c1-4-2-3-5(8(11)12)7-6(4)9-10-13-7/h2-3H,1H3,(H,11,12). The normalized spacial score (nSPS) is 10.5. The van der Waals surface area contributed by atoms with Crippen molar-refractivity contribution in [3.63, 3.8) is 0 Å². The summed E-state index contributed by atoms with van der Waals surface area (Å²) in [6, 6.07) is 3.33. The van der Waals surface area contributed by atoms with E-state index < -0.39 is 5.97 Å². The molecule has 1 N–H and O–H groups in total. The number of hydrogen-bond acceptors (Lipinski definition) is 4. The number of aromatic nitrogens is 2. The number of rotatable bonds is 1. The van der Waals surface area contributed by atoms with Gasteiger partial charge in [0.2, 0.25) is 0 Å². The van der Waals surface area contributed by atoms with E-state index in [1.807, 2.05) is 6.92 Å². The van der Waals surface area contributed by atoms with E-state index in [9.17, 15) is 4.79 Å². The van der Waals surface area contributed by atoms with Crippen LogP contribution in [-0.4, -0.2) is 20.7 Å². The molecule has 5 heteroatoms. The number of aromatic carboxylic acids is 1. The van der Waals surface area contributed by atoms with Crippen molar-refractivity contribution < 1.29 is 9.90 Å². The van der Waals surface area contributed by atoms with Crippen molar-refractivity contribution >= 4 is 27.7 Å². The third kappa shape index (κ3) is 1.17. The summed E-state index contributed by atoms with van der Waals surface area (Å²) in [5, 5.41) is 12.7. The summed E-state index contributed by atoms with van der Waals surface area (Å²) in [5.41, 5.74) is 1.91. The summed E-state index contributed by atoms with van der Waals surface area (Å²) >= 11 is 1.11. The second-order valence-electron chi connectivity index (χ2n) is 2.69. The lowest BCUT2D eigenvalue weighted by molar-refractivity contribution is 0.0699. The lowest BCUT2D eigenvalue weighted by atomic mass is 10.1. The molecule has 0 saturated carbocycles. The Labute approximate surface area is 78.0 Å². The molecule has 0 aliphatic heterocycles. The third-order valence-corrected chi connectivity index (χ3v) is 2.60. The predicted octanol–water partition coefficient (Wildman–Crippen LogP) is 1.70. The molecule has 0 aliphatic rings. The molecule has 4 nitrogen and oxygen atoms in total. The van der Waals surface area contributed by atoms with Crippen molar-refractivity contribution in [2.75, 3.05) is 0 Å². The van der Waals surface area contributed by atoms with Crippen molar-refractivity contribution in [2.45, 2.75) is 6.92 Å². The number of carbonyl (C=O) groups is 1. The van der Waals surface area contributed by atoms with Gasteiger partial charge in [0.05, 0.1) is 10.3 Å². The van der Waals surface area contributed by atoms with Crippen molar-refractivity contribution in [2.24, 2.45) is 0 Å². The second-order valence-corrected chi connectivity index (χ2v) is 3.44. The zero-order chi connectivity index (χ0) is 9.42. The molecule has 0 saturated heterocycles. The Morgan fingerprint density at radius 3 is 3.00 bits per heavy atom. The van der Waals surface area contributed by atoms with Gasteiger partial charge < -0.3 is 5.11 Å². The van der Waals surface area contributed by atoms with Gasteiger partial charge >= 0.3 is 5.97 Å². The van der Waals surface area contributed by atoms with Crippen LogP contribution in [0.25, 0.3) is 10.2 Å². The highest BCUT2D eigenvalue weighted by atomic mass is 32.1. The third-order valence-electron chi connectivity index (χ3n) is 1.84. The highest BCUT2D eigenvalue weighted by Gasteiger charge is 2.12. The molecule has 1 heterocycles. The molecular weight excluding hydrogens is 188 g/mol. The summed E-state index contributed by atoms with van der Waals surface area (Å²) in [6.45, 7) is 1.88. The molecule has 2 aromatic rings. The number of nitrogens with zero attached hydrogens (tertiary/aromatic N) is 2. The molecule has 1 aromatic heterocycles. The first-order valence-corrected chi connectivity index (χ1v) is 4.42. The van der Waals surface area contributed by atoms with Crippen molar-refractivity contribution in [3.05, 3.63) is 23.3 Å². The molecule has 0 radical (unpaired) electrons. The summed E-state index contributed by atoms with van der Waals surface area (Å²) in [4.78, 5) is 10.8. The second kappa shape index (κ2) is 2.77. The number of benzene rings is 1. The SMILES string of the molecule is Cc1ccc(C(=O)O)c2snnc12. The molecule has 0 fully saturated rings. The van der Waals surface area contributed by atoms with Gasteiger partial charge in [-0.05, 0) is 30.1 Å². The van der Waals surface area contributed by atoms with Crippen LogP contribution < -0.4 is 0 Å². The zero-order valence-corrected chi connectivity index (χ0v) is 7.63. The molecule has 66 valence electrons. The number of carboxylic acid groups (broad SMARTS) is 1. The number of aryl methyl sites for hydroxylation is 1. The molecule has 0 amide bonds. The molecule has 2 rings (SSSR count). The Bertz CT molecular complexity index is 478. The number of fused-ring (bicyclic) bond motifs is 1. The molecule has 1 aromatic carbocycles. The van der Waals surface area contributed by atoms with Gasteiger partial charge in [-0.25, -0.2) is 4.79 Å². The molecule has 0 bridgehead atoms. The maximum atomic E-state index is 10.8. The number of carboxylic acids is 1. The van der Waals surface area contributed by atoms with E-state index in [1.54, 1.807) is 12.1 Å². The molecule has 13 heavy (non-hydrogen) atoms. The van der Waals surface area contributed by atoms with E-state index >= 15 is 0 Å². The van der Waals surface area contributed by atoms with Gasteiger partial charge in [-0.2, -0.15) is 0 Å². The largest absolute Gasteiger partial charge is 0.478 e. The first-order valence-electron chi connectivity index (χ1n) is 3.65. The minimum atomic E-state index is -0.934. The van der Waals surface area contributed by atoms with Crippen LogP contribution in [0.5, 0.6) is 0 Å². The molecule has 0 unspecified atom stereocenters. The summed E-state index contributed by atoms with van der Waals surface area (Å²) in [5.74, 6) is -0.934. The minimum Gasteiger partial charge on any atom is -0.478 e. The maximum Gasteiger partial charge on any atom is 0.337 e. The van der Waals surface area contributed by atoms with Gasteiger partial charge in [-0.15, -0.1) is 5.10 Å². The molecule has 0 atom stereocenters. The number of hydrogen-bond donors (Lipinski definition) is 1. The fourth-order valence-electron chi connectivity index (χ4n) is 1.16. The van der Waals surface area contributed by atoms with E-state index in [1.165, 1.54) is 0 Å². The Balaban J connectivity index is 2.86. The lowest BCUT2D eigenvalue weighted by Gasteiger charge is -1.96. The molecule has 0 spiro atoms. The van der Waals surface area contributed by atoms with E-state index in [-0.39, 0.29) is 5.56 Å². The fourth-order valence-corrected chi connectivity index (χ4v) is 1.90. The lowest BCUT2D eigenvalue weighted by Crippen LogP contribution is -1.96. The Morgan fingerprint density at radius 2 is 2.31 bits per heavy atom. The van der Waals surface area contributed by atoms with Gasteiger partial charge in [0, 0.05) is 0 Å². The van der Waals surface area contributed by atoms with Crippen molar-refractivity contribution in [1.82, 2.24) is 9.59 Å². The van der Waals surface area contributed by atoms with Crippen LogP contribution in [0.15, 0.2) is 12.1 Å². The first-order chi connectivity index (χ1) is 6.20. The van der Waals surface area contributed by atoms with Crippen LogP contribution in [0, 0.1) is 6.92 Å². The van der Waals surface area contributed by atoms with Gasteiger partial charge in [0.15, 0.2) is 0 Å². The van der Waals surface area contributed by atoms with E-state index in [4.69, 9.17) is 5.11 Å². The Hall–Kier alpha value is -1.49. The van der Waals surface area contributed by atoms with Crippen molar-refractivity contribution in [3.8, 4) is 0 Å². The van der Waals surface area contributed by atoms with E-state index in [2.05, 4.69) is 9.59 Å². The Kier molecular flexibility index (Phi) is 1.73. The van der Waals surface area contributed by atoms with Gasteiger partial charge in [0.1, 0.15) is 5.52 Å². The highest BCUT2D eigenvalue weighted by molar-refractivity contribution is 7.13. The van der Waals surface area contributed by atoms with Crippen LogP contribution in [-0.2, 0) is 0 Å². The maximum absolute atomic E-state index is 10.8. The van der Waals surface area contributed by atoms with Crippen LogP contribution in [0.2, 0.25) is 0 Å². The molecular formula is C8H6N2O2S. The van der Waals surface area contributed by atoms with Gasteiger partial charge in [-0.3, -0.25) is 0 Å². The molecule has 0 aliphatic carbocycles. The quantitative estimate of drug-likeness (QED) is 0.750. The average molecular weight is 194 g/mol. The van der Waals surface area contributed by atoms with Crippen LogP contribution in [0.1, 0.15) is 15.9 Å². The summed E-state index contributed by atoms with van der Waals surface area (Å²) in [7, 11) is 0. The minimum absolute atomic E-state index is 0.274. The van der Waals surface area contributed by atoms with Crippen LogP contribution in [0.3, 0.4) is 0 Å². The summed E-state index contributed by atoms with van der Waals surface area (Å²) in [6.07, 6.45) is 0. The zero-order valence-electron chi connectivity index (χ0n) is 6.81. The van der Waals surface area contributed by atoms with Crippen molar-refractivity contribution in [1.29, 1.82) is 0 Å². The van der Waals surface area contributed by atoms with Crippen LogP contribution >= 0.6 is 11.5 Å². The highest BCUT2D eigenvalue weighted by Crippen LogP contribution is 2.23. The topological polar surface area (TPSA) is 63.1 Å². The van der Waals surface area contributed by atoms with Gasteiger partial charge in [0.25, 0.3) is 0 Å². The Morgan fingerprint density at radius 1 is 1.54 bits per heavy atom.